The summed E-state index contributed by atoms with van der Waals surface area (Å²) in [5.74, 6) is -0.542. The highest BCUT2D eigenvalue weighted by Gasteiger charge is 2.26. The molecule has 0 saturated heterocycles. The Morgan fingerprint density at radius 3 is 2.47 bits per heavy atom. The Bertz CT molecular complexity index is 1090. The lowest BCUT2D eigenvalue weighted by Gasteiger charge is -2.26. The van der Waals surface area contributed by atoms with Crippen molar-refractivity contribution in [3.05, 3.63) is 81.3 Å². The van der Waals surface area contributed by atoms with Crippen molar-refractivity contribution in [3.63, 3.8) is 0 Å². The van der Waals surface area contributed by atoms with Crippen LogP contribution in [0, 0.1) is 5.82 Å². The molecule has 30 heavy (non-hydrogen) atoms. The van der Waals surface area contributed by atoms with Gasteiger partial charge in [0.05, 0.1) is 20.8 Å². The van der Waals surface area contributed by atoms with E-state index in [-0.39, 0.29) is 11.1 Å². The third-order valence-corrected chi connectivity index (χ3v) is 5.64. The number of nitrogens with one attached hydrogen (secondary N) is 1. The summed E-state index contributed by atoms with van der Waals surface area (Å²) >= 11 is 18.6. The summed E-state index contributed by atoms with van der Waals surface area (Å²) in [6.45, 7) is 1.26. The minimum atomic E-state index is -0.542. The number of rotatable bonds is 2. The molecule has 3 aromatic rings. The zero-order chi connectivity index (χ0) is 21.3. The molecule has 0 saturated carbocycles. The van der Waals surface area contributed by atoms with Crippen molar-refractivity contribution in [1.82, 2.24) is 9.88 Å². The Balaban J connectivity index is 1.63. The topological polar surface area (TPSA) is 48.5 Å². The number of amides is 2. The lowest BCUT2D eigenvalue weighted by atomic mass is 10.1. The average Bonchev–Trinajstić information content (AvgIpc) is 2.91. The number of fused-ring (bicyclic) bond motifs is 1. The van der Waals surface area contributed by atoms with Crippen molar-refractivity contribution < 1.29 is 9.18 Å². The van der Waals surface area contributed by atoms with Gasteiger partial charge in [0.1, 0.15) is 5.82 Å². The van der Waals surface area contributed by atoms with Crippen LogP contribution < -0.4 is 10.2 Å². The minimum absolute atomic E-state index is 0.0536. The first-order chi connectivity index (χ1) is 14.4. The van der Waals surface area contributed by atoms with E-state index in [0.29, 0.717) is 41.1 Å². The summed E-state index contributed by atoms with van der Waals surface area (Å²) in [5.41, 5.74) is 2.91. The van der Waals surface area contributed by atoms with Crippen LogP contribution in [0.2, 0.25) is 15.1 Å². The molecule has 1 aliphatic heterocycles. The van der Waals surface area contributed by atoms with Gasteiger partial charge in [-0.1, -0.05) is 53.0 Å². The number of nitrogens with zero attached hydrogens (tertiary/aromatic N) is 3. The highest BCUT2D eigenvalue weighted by Crippen LogP contribution is 2.39. The molecule has 0 bridgehead atoms. The van der Waals surface area contributed by atoms with E-state index in [1.165, 1.54) is 18.2 Å². The number of carbonyl (C=O) groups excluding carboxylic acids is 1. The Kier molecular flexibility index (Phi) is 5.99. The molecule has 0 radical (unpaired) electrons. The number of hydrogen-bond acceptors (Lipinski definition) is 3. The number of anilines is 3. The van der Waals surface area contributed by atoms with E-state index < -0.39 is 5.82 Å². The maximum absolute atomic E-state index is 13.4. The number of hydrogen-bond donors (Lipinski definition) is 1. The van der Waals surface area contributed by atoms with Crippen molar-refractivity contribution in [3.8, 4) is 0 Å². The number of para-hydroxylation sites is 1. The molecule has 0 unspecified atom stereocenters. The smallest absolute Gasteiger partial charge is 0.322 e. The van der Waals surface area contributed by atoms with E-state index in [9.17, 15) is 9.18 Å². The van der Waals surface area contributed by atoms with Gasteiger partial charge < -0.3 is 15.1 Å². The maximum atomic E-state index is 13.4. The number of pyridine rings is 1. The second kappa shape index (κ2) is 8.68. The molecule has 0 fully saturated rings. The average molecular weight is 466 g/mol. The second-order valence-corrected chi connectivity index (χ2v) is 7.93. The first-order valence-electron chi connectivity index (χ1n) is 9.09. The van der Waals surface area contributed by atoms with Crippen LogP contribution in [-0.2, 0) is 6.54 Å². The molecule has 2 aromatic carbocycles. The van der Waals surface area contributed by atoms with Crippen LogP contribution in [0.5, 0.6) is 0 Å². The van der Waals surface area contributed by atoms with Crippen LogP contribution in [0.1, 0.15) is 5.56 Å². The summed E-state index contributed by atoms with van der Waals surface area (Å²) in [6.07, 6.45) is 3.08. The van der Waals surface area contributed by atoms with Crippen molar-refractivity contribution in [2.24, 2.45) is 0 Å². The predicted molar refractivity (Wildman–Crippen MR) is 119 cm³/mol. The Morgan fingerprint density at radius 1 is 1.00 bits per heavy atom. The molecule has 0 aliphatic carbocycles. The Labute approximate surface area is 188 Å². The zero-order valence-electron chi connectivity index (χ0n) is 15.6. The normalized spacial score (nSPS) is 13.6. The predicted octanol–water partition coefficient (Wildman–Crippen LogP) is 6.37. The van der Waals surface area contributed by atoms with Gasteiger partial charge in [0.2, 0.25) is 0 Å². The van der Waals surface area contributed by atoms with Crippen molar-refractivity contribution in [2.75, 3.05) is 23.3 Å². The third-order valence-electron chi connectivity index (χ3n) is 4.79. The van der Waals surface area contributed by atoms with Gasteiger partial charge in [-0.3, -0.25) is 4.98 Å². The van der Waals surface area contributed by atoms with Crippen molar-refractivity contribution in [2.45, 2.75) is 6.54 Å². The van der Waals surface area contributed by atoms with E-state index in [1.807, 2.05) is 29.2 Å². The van der Waals surface area contributed by atoms with Gasteiger partial charge in [0, 0.05) is 43.4 Å². The van der Waals surface area contributed by atoms with E-state index in [1.54, 1.807) is 17.3 Å². The first-order valence-corrected chi connectivity index (χ1v) is 10.2. The quantitative estimate of drug-likeness (QED) is 0.478. The fourth-order valence-corrected chi connectivity index (χ4v) is 4.13. The number of carbonyl (C=O) groups is 1. The summed E-state index contributed by atoms with van der Waals surface area (Å²) in [4.78, 5) is 20.6. The van der Waals surface area contributed by atoms with Gasteiger partial charge in [0.15, 0.2) is 0 Å². The van der Waals surface area contributed by atoms with Crippen LogP contribution in [0.4, 0.5) is 26.2 Å². The van der Waals surface area contributed by atoms with Gasteiger partial charge >= 0.3 is 6.03 Å². The molecule has 2 heterocycles. The number of benzene rings is 2. The van der Waals surface area contributed by atoms with Gasteiger partial charge in [-0.2, -0.15) is 0 Å². The zero-order valence-corrected chi connectivity index (χ0v) is 17.8. The number of halogens is 4. The van der Waals surface area contributed by atoms with E-state index >= 15 is 0 Å². The fraction of sp³-hybridized carbons (Fsp3) is 0.143. The standard InChI is InChI=1S/C21H16Cl3FN4O/c22-15-9-14(5-6-18(15)25)27-21(30)28-7-8-29(19-4-2-1-3-13(19)12-28)20-16(23)10-26-11-17(20)24/h1-6,9-11H,7-8,12H2,(H,27,30). The molecule has 1 aliphatic rings. The van der Waals surface area contributed by atoms with Crippen LogP contribution in [0.15, 0.2) is 54.9 Å². The van der Waals surface area contributed by atoms with Gasteiger partial charge in [-0.25, -0.2) is 9.18 Å². The first kappa shape index (κ1) is 20.7. The third kappa shape index (κ3) is 4.17. The largest absolute Gasteiger partial charge is 0.337 e. The number of urea groups is 1. The van der Waals surface area contributed by atoms with Crippen LogP contribution >= 0.6 is 34.8 Å². The van der Waals surface area contributed by atoms with Crippen LogP contribution in [0.25, 0.3) is 0 Å². The lowest BCUT2D eigenvalue weighted by molar-refractivity contribution is 0.212. The molecule has 5 nitrogen and oxygen atoms in total. The SMILES string of the molecule is O=C(Nc1ccc(F)c(Cl)c1)N1CCN(c2c(Cl)cncc2Cl)c2ccccc2C1. The second-order valence-electron chi connectivity index (χ2n) is 6.71. The summed E-state index contributed by atoms with van der Waals surface area (Å²) in [5, 5.41) is 3.57. The summed E-state index contributed by atoms with van der Waals surface area (Å²) < 4.78 is 13.4. The molecule has 1 aromatic heterocycles. The Morgan fingerprint density at radius 2 is 1.73 bits per heavy atom. The molecular formula is C21H16Cl3FN4O. The van der Waals surface area contributed by atoms with E-state index in [2.05, 4.69) is 10.3 Å². The van der Waals surface area contributed by atoms with Gasteiger partial charge in [-0.05, 0) is 29.8 Å². The molecule has 154 valence electrons. The molecular weight excluding hydrogens is 450 g/mol. The molecule has 0 spiro atoms. The Hall–Kier alpha value is -2.54. The number of aromatic nitrogens is 1. The van der Waals surface area contributed by atoms with Crippen molar-refractivity contribution in [1.29, 1.82) is 0 Å². The fourth-order valence-electron chi connectivity index (χ4n) is 3.38. The lowest BCUT2D eigenvalue weighted by Crippen LogP contribution is -2.37. The van der Waals surface area contributed by atoms with Crippen LogP contribution in [-0.4, -0.2) is 29.0 Å². The summed E-state index contributed by atoms with van der Waals surface area (Å²) in [7, 11) is 0. The van der Waals surface area contributed by atoms with E-state index in [0.717, 1.165) is 11.3 Å². The van der Waals surface area contributed by atoms with E-state index in [4.69, 9.17) is 34.8 Å². The molecule has 1 N–H and O–H groups in total. The molecule has 4 rings (SSSR count). The summed E-state index contributed by atoms with van der Waals surface area (Å²) in [6, 6.07) is 11.5. The molecule has 2 amide bonds. The maximum Gasteiger partial charge on any atom is 0.322 e. The van der Waals surface area contributed by atoms with Crippen LogP contribution in [0.3, 0.4) is 0 Å². The van der Waals surface area contributed by atoms with Gasteiger partial charge in [-0.15, -0.1) is 0 Å². The molecule has 9 heteroatoms. The monoisotopic (exact) mass is 464 g/mol. The van der Waals surface area contributed by atoms with Crippen molar-refractivity contribution >= 4 is 57.9 Å². The highest BCUT2D eigenvalue weighted by atomic mass is 35.5. The minimum Gasteiger partial charge on any atom is -0.337 e. The highest BCUT2D eigenvalue weighted by molar-refractivity contribution is 6.39. The van der Waals surface area contributed by atoms with Gasteiger partial charge in [0.25, 0.3) is 0 Å². The molecule has 0 atom stereocenters.